The average Bonchev–Trinajstić information content (AvgIpc) is 2.46. The van der Waals surface area contributed by atoms with Crippen LogP contribution in [0.5, 0.6) is 0 Å². The van der Waals surface area contributed by atoms with Crippen LogP contribution in [0.25, 0.3) is 0 Å². The molecule has 104 valence electrons. The summed E-state index contributed by atoms with van der Waals surface area (Å²) in [7, 11) is 0. The fraction of sp³-hybridized carbons (Fsp3) is 0.200. The van der Waals surface area contributed by atoms with Gasteiger partial charge in [-0.2, -0.15) is 0 Å². The van der Waals surface area contributed by atoms with Gasteiger partial charge in [-0.25, -0.2) is 0 Å². The fourth-order valence-corrected chi connectivity index (χ4v) is 1.93. The molecule has 2 aromatic carbocycles. The van der Waals surface area contributed by atoms with E-state index in [1.807, 2.05) is 37.3 Å². The summed E-state index contributed by atoms with van der Waals surface area (Å²) in [4.78, 5) is 10.7. The monoisotopic (exact) mass is 271 g/mol. The lowest BCUT2D eigenvalue weighted by Gasteiger charge is -2.08. The normalized spacial score (nSPS) is 10.3. The number of nitrogens with two attached hydrogens (primary N) is 1. The zero-order valence-corrected chi connectivity index (χ0v) is 11.3. The SMILES string of the molecule is Cc1ccc(NCc2ccc(CN)cc2)c([N+](=O)[O-])c1. The van der Waals surface area contributed by atoms with Gasteiger partial charge in [0.25, 0.3) is 5.69 Å². The number of aryl methyl sites for hydroxylation is 1. The van der Waals surface area contributed by atoms with Gasteiger partial charge in [0, 0.05) is 19.2 Å². The second-order valence-electron chi connectivity index (χ2n) is 4.65. The Balaban J connectivity index is 2.12. The Morgan fingerprint density at radius 1 is 1.15 bits per heavy atom. The summed E-state index contributed by atoms with van der Waals surface area (Å²) in [6.07, 6.45) is 0. The topological polar surface area (TPSA) is 81.2 Å². The number of rotatable bonds is 5. The van der Waals surface area contributed by atoms with Gasteiger partial charge < -0.3 is 11.1 Å². The molecule has 5 nitrogen and oxygen atoms in total. The number of nitro groups is 1. The number of anilines is 1. The van der Waals surface area contributed by atoms with Crippen molar-refractivity contribution >= 4 is 11.4 Å². The van der Waals surface area contributed by atoms with Gasteiger partial charge in [-0.3, -0.25) is 10.1 Å². The Hall–Kier alpha value is -2.40. The van der Waals surface area contributed by atoms with Crippen molar-refractivity contribution in [3.8, 4) is 0 Å². The van der Waals surface area contributed by atoms with E-state index in [1.165, 1.54) is 0 Å². The molecule has 0 aliphatic heterocycles. The van der Waals surface area contributed by atoms with Crippen molar-refractivity contribution < 1.29 is 4.92 Å². The van der Waals surface area contributed by atoms with E-state index in [0.717, 1.165) is 16.7 Å². The molecule has 3 N–H and O–H groups in total. The number of nitrogens with one attached hydrogen (secondary N) is 1. The van der Waals surface area contributed by atoms with Crippen LogP contribution in [0.15, 0.2) is 42.5 Å². The first-order valence-electron chi connectivity index (χ1n) is 6.37. The first-order chi connectivity index (χ1) is 9.60. The van der Waals surface area contributed by atoms with Gasteiger partial charge in [0.2, 0.25) is 0 Å². The third kappa shape index (κ3) is 3.33. The second-order valence-corrected chi connectivity index (χ2v) is 4.65. The van der Waals surface area contributed by atoms with Crippen LogP contribution in [0.2, 0.25) is 0 Å². The van der Waals surface area contributed by atoms with Crippen molar-refractivity contribution in [3.63, 3.8) is 0 Å². The molecule has 20 heavy (non-hydrogen) atoms. The second kappa shape index (κ2) is 6.16. The van der Waals surface area contributed by atoms with Crippen molar-refractivity contribution in [3.05, 3.63) is 69.3 Å². The van der Waals surface area contributed by atoms with Crippen molar-refractivity contribution in [1.82, 2.24) is 0 Å². The summed E-state index contributed by atoms with van der Waals surface area (Å²) >= 11 is 0. The molecule has 0 aliphatic carbocycles. The highest BCUT2D eigenvalue weighted by molar-refractivity contribution is 5.62. The van der Waals surface area contributed by atoms with E-state index in [1.54, 1.807) is 12.1 Å². The van der Waals surface area contributed by atoms with E-state index in [4.69, 9.17) is 5.73 Å². The third-order valence-corrected chi connectivity index (χ3v) is 3.09. The van der Waals surface area contributed by atoms with Crippen LogP contribution in [-0.4, -0.2) is 4.92 Å². The van der Waals surface area contributed by atoms with E-state index in [2.05, 4.69) is 5.32 Å². The van der Waals surface area contributed by atoms with Crippen LogP contribution in [-0.2, 0) is 13.1 Å². The molecule has 0 fully saturated rings. The summed E-state index contributed by atoms with van der Waals surface area (Å²) in [5.74, 6) is 0. The van der Waals surface area contributed by atoms with E-state index >= 15 is 0 Å². The summed E-state index contributed by atoms with van der Waals surface area (Å²) in [5.41, 5.74) is 9.16. The number of nitrogens with zero attached hydrogens (tertiary/aromatic N) is 1. The quantitative estimate of drug-likeness (QED) is 0.647. The van der Waals surface area contributed by atoms with E-state index in [0.29, 0.717) is 18.8 Å². The Labute approximate surface area is 117 Å². The summed E-state index contributed by atoms with van der Waals surface area (Å²) in [5, 5.41) is 14.1. The lowest BCUT2D eigenvalue weighted by molar-refractivity contribution is -0.384. The predicted octanol–water partition coefficient (Wildman–Crippen LogP) is 2.97. The van der Waals surface area contributed by atoms with Crippen molar-refractivity contribution in [2.45, 2.75) is 20.0 Å². The van der Waals surface area contributed by atoms with E-state index < -0.39 is 0 Å². The van der Waals surface area contributed by atoms with Gasteiger partial charge in [-0.1, -0.05) is 30.3 Å². The van der Waals surface area contributed by atoms with Crippen LogP contribution in [0, 0.1) is 17.0 Å². The molecule has 0 unspecified atom stereocenters. The lowest BCUT2D eigenvalue weighted by Crippen LogP contribution is -2.03. The Morgan fingerprint density at radius 2 is 1.80 bits per heavy atom. The fourth-order valence-electron chi connectivity index (χ4n) is 1.93. The third-order valence-electron chi connectivity index (χ3n) is 3.09. The Morgan fingerprint density at radius 3 is 2.40 bits per heavy atom. The maximum Gasteiger partial charge on any atom is 0.292 e. The zero-order valence-electron chi connectivity index (χ0n) is 11.3. The molecule has 0 saturated carbocycles. The van der Waals surface area contributed by atoms with Crippen LogP contribution < -0.4 is 11.1 Å². The van der Waals surface area contributed by atoms with Gasteiger partial charge >= 0.3 is 0 Å². The molecule has 0 saturated heterocycles. The average molecular weight is 271 g/mol. The van der Waals surface area contributed by atoms with Crippen molar-refractivity contribution in [1.29, 1.82) is 0 Å². The Bertz CT molecular complexity index is 609. The molecule has 0 bridgehead atoms. The minimum absolute atomic E-state index is 0.101. The standard InChI is InChI=1S/C15H17N3O2/c1-11-2-7-14(15(8-11)18(19)20)17-10-13-5-3-12(9-16)4-6-13/h2-8,17H,9-10,16H2,1H3. The van der Waals surface area contributed by atoms with E-state index in [9.17, 15) is 10.1 Å². The molecular weight excluding hydrogens is 254 g/mol. The van der Waals surface area contributed by atoms with Crippen LogP contribution >= 0.6 is 0 Å². The van der Waals surface area contributed by atoms with Gasteiger partial charge in [-0.05, 0) is 29.7 Å². The molecule has 0 radical (unpaired) electrons. The van der Waals surface area contributed by atoms with Gasteiger partial charge in [0.1, 0.15) is 5.69 Å². The largest absolute Gasteiger partial charge is 0.375 e. The maximum atomic E-state index is 11.0. The smallest absolute Gasteiger partial charge is 0.292 e. The number of nitro benzene ring substituents is 1. The van der Waals surface area contributed by atoms with Gasteiger partial charge in [0.05, 0.1) is 4.92 Å². The molecule has 0 spiro atoms. The van der Waals surface area contributed by atoms with Crippen LogP contribution in [0.4, 0.5) is 11.4 Å². The van der Waals surface area contributed by atoms with Gasteiger partial charge in [-0.15, -0.1) is 0 Å². The molecule has 0 heterocycles. The number of benzene rings is 2. The predicted molar refractivity (Wildman–Crippen MR) is 79.5 cm³/mol. The van der Waals surface area contributed by atoms with Crippen LogP contribution in [0.1, 0.15) is 16.7 Å². The minimum atomic E-state index is -0.368. The number of hydrogen-bond acceptors (Lipinski definition) is 4. The van der Waals surface area contributed by atoms with E-state index in [-0.39, 0.29) is 10.6 Å². The molecular formula is C15H17N3O2. The van der Waals surface area contributed by atoms with Crippen LogP contribution in [0.3, 0.4) is 0 Å². The highest BCUT2D eigenvalue weighted by Crippen LogP contribution is 2.25. The van der Waals surface area contributed by atoms with Crippen molar-refractivity contribution in [2.75, 3.05) is 5.32 Å². The first-order valence-corrected chi connectivity index (χ1v) is 6.37. The molecule has 5 heteroatoms. The minimum Gasteiger partial charge on any atom is -0.375 e. The molecule has 0 amide bonds. The molecule has 0 aliphatic rings. The molecule has 0 aromatic heterocycles. The first kappa shape index (κ1) is 14.0. The summed E-state index contributed by atoms with van der Waals surface area (Å²) in [6.45, 7) is 2.88. The Kier molecular flexibility index (Phi) is 4.32. The summed E-state index contributed by atoms with van der Waals surface area (Å²) < 4.78 is 0. The maximum absolute atomic E-state index is 11.0. The zero-order chi connectivity index (χ0) is 14.5. The van der Waals surface area contributed by atoms with Gasteiger partial charge in [0.15, 0.2) is 0 Å². The summed E-state index contributed by atoms with van der Waals surface area (Å²) in [6, 6.07) is 13.0. The highest BCUT2D eigenvalue weighted by Gasteiger charge is 2.13. The number of hydrogen-bond donors (Lipinski definition) is 2. The van der Waals surface area contributed by atoms with Crippen molar-refractivity contribution in [2.24, 2.45) is 5.73 Å². The lowest BCUT2D eigenvalue weighted by atomic mass is 10.1. The molecule has 2 rings (SSSR count). The highest BCUT2D eigenvalue weighted by atomic mass is 16.6. The molecule has 0 atom stereocenters. The molecule has 2 aromatic rings.